The standard InChI is InChI=1S/C34H41F3N6O2/c1-21-9-6-4-5-7-16-43-30-25(19-27(31(44)41(30)3)33(20-38)14-15-33)29(40-32(43)45)39-22(2)24-10-8-11-26(28(24)35)34(36,37)23-12-17-42(21)18-13-23/h8,10-11,19,21-23H,4-7,9,12-18H2,1-3H3,(H,39,40,45)/t21?,22-/m1/s1. The molecule has 0 radical (unpaired) electrons. The van der Waals surface area contributed by atoms with Crippen molar-refractivity contribution in [3.05, 3.63) is 67.6 Å². The van der Waals surface area contributed by atoms with Crippen LogP contribution in [0, 0.1) is 23.1 Å². The summed E-state index contributed by atoms with van der Waals surface area (Å²) in [5.41, 5.74) is -1.69. The number of nitrogens with one attached hydrogen (secondary N) is 1. The maximum Gasteiger partial charge on any atom is 0.351 e. The monoisotopic (exact) mass is 622 g/mol. The number of anilines is 1. The summed E-state index contributed by atoms with van der Waals surface area (Å²) in [5, 5.41) is 13.5. The SMILES string of the molecule is CC1CCCCCCn2c(=O)nc(c3cc(C4(C#N)CC4)c(=O)n(C)c32)N[C@H](C)c2cccc(c2F)C(F)(F)C2CCN1CC2. The van der Waals surface area contributed by atoms with Gasteiger partial charge in [-0.2, -0.15) is 10.2 Å². The Hall–Kier alpha value is -3.65. The van der Waals surface area contributed by atoms with Gasteiger partial charge in [-0.15, -0.1) is 0 Å². The van der Waals surface area contributed by atoms with Gasteiger partial charge >= 0.3 is 5.69 Å². The number of benzene rings is 1. The van der Waals surface area contributed by atoms with Crippen LogP contribution in [0.1, 0.15) is 94.4 Å². The van der Waals surface area contributed by atoms with E-state index in [0.29, 0.717) is 68.3 Å². The molecule has 2 atom stereocenters. The lowest BCUT2D eigenvalue weighted by Gasteiger charge is -2.39. The average molecular weight is 623 g/mol. The third-order valence-electron chi connectivity index (χ3n) is 10.4. The van der Waals surface area contributed by atoms with Gasteiger partial charge in [0.05, 0.1) is 28.5 Å². The summed E-state index contributed by atoms with van der Waals surface area (Å²) in [6.45, 7) is 5.25. The number of halogens is 3. The minimum Gasteiger partial charge on any atom is -0.363 e. The number of aryl methyl sites for hydroxylation is 2. The number of pyridine rings is 1. The molecule has 1 saturated heterocycles. The zero-order chi connectivity index (χ0) is 32.1. The fourth-order valence-corrected chi connectivity index (χ4v) is 7.35. The van der Waals surface area contributed by atoms with Gasteiger partial charge in [0.2, 0.25) is 0 Å². The van der Waals surface area contributed by atoms with Crippen molar-refractivity contribution < 1.29 is 13.2 Å². The minimum absolute atomic E-state index is 0.0315. The van der Waals surface area contributed by atoms with E-state index < -0.39 is 40.4 Å². The van der Waals surface area contributed by atoms with Crippen LogP contribution < -0.4 is 16.6 Å². The van der Waals surface area contributed by atoms with Crippen LogP contribution in [-0.2, 0) is 24.9 Å². The number of nitrogens with zero attached hydrogens (tertiary/aromatic N) is 5. The van der Waals surface area contributed by atoms with E-state index in [2.05, 4.69) is 28.2 Å². The summed E-state index contributed by atoms with van der Waals surface area (Å²) < 4.78 is 50.8. The Morgan fingerprint density at radius 2 is 1.71 bits per heavy atom. The van der Waals surface area contributed by atoms with Crippen molar-refractivity contribution in [2.45, 2.75) is 102 Å². The number of hydrogen-bond acceptors (Lipinski definition) is 6. The molecule has 240 valence electrons. The van der Waals surface area contributed by atoms with E-state index in [9.17, 15) is 14.9 Å². The molecule has 11 heteroatoms. The van der Waals surface area contributed by atoms with Gasteiger partial charge < -0.3 is 10.2 Å². The van der Waals surface area contributed by atoms with E-state index in [0.717, 1.165) is 25.7 Å². The lowest BCUT2D eigenvalue weighted by atomic mass is 9.84. The Kier molecular flexibility index (Phi) is 8.31. The summed E-state index contributed by atoms with van der Waals surface area (Å²) in [6, 6.07) is 7.42. The molecule has 1 N–H and O–H groups in total. The maximum atomic E-state index is 16.0. The fraction of sp³-hybridized carbons (Fsp3) is 0.588. The first-order chi connectivity index (χ1) is 21.5. The molecule has 2 fully saturated rings. The third-order valence-corrected chi connectivity index (χ3v) is 10.4. The van der Waals surface area contributed by atoms with Gasteiger partial charge in [-0.05, 0) is 71.5 Å². The highest BCUT2D eigenvalue weighted by atomic mass is 19.3. The molecule has 6 bridgehead atoms. The van der Waals surface area contributed by atoms with Crippen molar-refractivity contribution in [3.63, 3.8) is 0 Å². The zero-order valence-electron chi connectivity index (χ0n) is 26.2. The maximum absolute atomic E-state index is 16.0. The Bertz CT molecular complexity index is 1760. The highest BCUT2D eigenvalue weighted by Crippen LogP contribution is 2.47. The molecule has 45 heavy (non-hydrogen) atoms. The molecular formula is C34H41F3N6O2. The first kappa shape index (κ1) is 31.3. The number of rotatable bonds is 1. The predicted octanol–water partition coefficient (Wildman–Crippen LogP) is 6.12. The van der Waals surface area contributed by atoms with Gasteiger partial charge in [-0.3, -0.25) is 13.9 Å². The van der Waals surface area contributed by atoms with Crippen LogP contribution >= 0.6 is 0 Å². The highest BCUT2D eigenvalue weighted by molar-refractivity contribution is 5.88. The number of piperidine rings is 1. The van der Waals surface area contributed by atoms with Crippen molar-refractivity contribution in [3.8, 4) is 6.07 Å². The third kappa shape index (κ3) is 5.56. The van der Waals surface area contributed by atoms with Gasteiger partial charge in [0, 0.05) is 36.7 Å². The fourth-order valence-electron chi connectivity index (χ4n) is 7.35. The molecule has 1 aromatic carbocycles. The molecule has 2 aromatic heterocycles. The van der Waals surface area contributed by atoms with Crippen LogP contribution in [0.2, 0.25) is 0 Å². The molecule has 0 amide bonds. The second kappa shape index (κ2) is 11.9. The number of nitriles is 1. The van der Waals surface area contributed by atoms with Gasteiger partial charge in [0.25, 0.3) is 11.5 Å². The van der Waals surface area contributed by atoms with Crippen molar-refractivity contribution >= 4 is 16.9 Å². The van der Waals surface area contributed by atoms with Crippen molar-refractivity contribution in [1.82, 2.24) is 19.0 Å². The van der Waals surface area contributed by atoms with Crippen molar-refractivity contribution in [1.29, 1.82) is 5.26 Å². The van der Waals surface area contributed by atoms with Crippen LogP contribution in [0.5, 0.6) is 0 Å². The molecule has 5 aliphatic heterocycles. The second-order valence-electron chi connectivity index (χ2n) is 13.3. The van der Waals surface area contributed by atoms with Crippen LogP contribution in [0.15, 0.2) is 33.9 Å². The summed E-state index contributed by atoms with van der Waals surface area (Å²) in [7, 11) is 1.59. The van der Waals surface area contributed by atoms with Gasteiger partial charge in [-0.1, -0.05) is 37.5 Å². The van der Waals surface area contributed by atoms with E-state index in [1.165, 1.54) is 27.3 Å². The smallest absolute Gasteiger partial charge is 0.351 e. The molecule has 0 spiro atoms. The number of aromatic nitrogens is 3. The van der Waals surface area contributed by atoms with E-state index in [4.69, 9.17) is 0 Å². The van der Waals surface area contributed by atoms with Gasteiger partial charge in [0.15, 0.2) is 0 Å². The second-order valence-corrected chi connectivity index (χ2v) is 13.3. The van der Waals surface area contributed by atoms with Crippen LogP contribution in [-0.4, -0.2) is 38.1 Å². The Morgan fingerprint density at radius 1 is 1.00 bits per heavy atom. The van der Waals surface area contributed by atoms with Gasteiger partial charge in [0.1, 0.15) is 17.3 Å². The first-order valence-electron chi connectivity index (χ1n) is 16.2. The predicted molar refractivity (Wildman–Crippen MR) is 167 cm³/mol. The molecule has 1 unspecified atom stereocenters. The Balaban J connectivity index is 1.47. The summed E-state index contributed by atoms with van der Waals surface area (Å²) in [4.78, 5) is 33.6. The number of alkyl halides is 2. The quantitative estimate of drug-likeness (QED) is 0.352. The molecular weight excluding hydrogens is 581 g/mol. The topological polar surface area (TPSA) is 96.0 Å². The average Bonchev–Trinajstić information content (AvgIpc) is 3.82. The molecule has 9 rings (SSSR count). The molecule has 8 nitrogen and oxygen atoms in total. The van der Waals surface area contributed by atoms with E-state index in [-0.39, 0.29) is 23.0 Å². The normalized spacial score (nSPS) is 26.5. The van der Waals surface area contributed by atoms with Crippen molar-refractivity contribution in [2.24, 2.45) is 13.0 Å². The van der Waals surface area contributed by atoms with Crippen LogP contribution in [0.3, 0.4) is 0 Å². The molecule has 1 aliphatic carbocycles. The van der Waals surface area contributed by atoms with E-state index in [1.54, 1.807) is 20.0 Å². The lowest BCUT2D eigenvalue weighted by molar-refractivity contribution is -0.0907. The first-order valence-corrected chi connectivity index (χ1v) is 16.2. The van der Waals surface area contributed by atoms with E-state index >= 15 is 13.2 Å². The number of hydrogen-bond donors (Lipinski definition) is 1. The van der Waals surface area contributed by atoms with Crippen LogP contribution in [0.4, 0.5) is 19.0 Å². The highest BCUT2D eigenvalue weighted by Gasteiger charge is 2.48. The van der Waals surface area contributed by atoms with Crippen LogP contribution in [0.25, 0.3) is 11.0 Å². The molecule has 1 saturated carbocycles. The zero-order valence-corrected chi connectivity index (χ0v) is 26.2. The lowest BCUT2D eigenvalue weighted by Crippen LogP contribution is -2.43. The minimum atomic E-state index is -3.34. The Morgan fingerprint density at radius 3 is 2.40 bits per heavy atom. The van der Waals surface area contributed by atoms with E-state index in [1.807, 2.05) is 0 Å². The van der Waals surface area contributed by atoms with Gasteiger partial charge in [-0.25, -0.2) is 18.0 Å². The summed E-state index contributed by atoms with van der Waals surface area (Å²) in [5.74, 6) is -5.16. The largest absolute Gasteiger partial charge is 0.363 e. The van der Waals surface area contributed by atoms with Crippen molar-refractivity contribution in [2.75, 3.05) is 18.4 Å². The summed E-state index contributed by atoms with van der Waals surface area (Å²) >= 11 is 0. The molecule has 7 heterocycles. The Labute approximate surface area is 260 Å². The molecule has 6 aliphatic rings. The molecule has 3 aromatic rings. The summed E-state index contributed by atoms with van der Waals surface area (Å²) in [6.07, 6.45) is 6.17.